The van der Waals surface area contributed by atoms with E-state index >= 15 is 0 Å². The van der Waals surface area contributed by atoms with Gasteiger partial charge in [0.1, 0.15) is 5.84 Å². The molecule has 1 unspecified atom stereocenters. The molecule has 3 N–H and O–H groups in total. The minimum absolute atomic E-state index is 0.158. The van der Waals surface area contributed by atoms with Crippen molar-refractivity contribution in [1.82, 2.24) is 4.90 Å². The van der Waals surface area contributed by atoms with Crippen LogP contribution in [0.2, 0.25) is 0 Å². The largest absolute Gasteiger partial charge is 0.384 e. The standard InChI is InChI=1S/C14H22N4S/c1-10-9-17(2)7-8-18(10)11-5-4-6-12(19-3)13(11)14(15)16/h4-6,10H,7-9H2,1-3H3,(H3,15,16). The van der Waals surface area contributed by atoms with Gasteiger partial charge in [-0.15, -0.1) is 11.8 Å². The summed E-state index contributed by atoms with van der Waals surface area (Å²) in [5.41, 5.74) is 7.78. The number of nitrogen functional groups attached to an aromatic ring is 1. The van der Waals surface area contributed by atoms with E-state index in [1.807, 2.05) is 12.3 Å². The number of anilines is 1. The lowest BCUT2D eigenvalue weighted by molar-refractivity contribution is 0.275. The number of hydrogen-bond acceptors (Lipinski definition) is 4. The van der Waals surface area contributed by atoms with E-state index < -0.39 is 0 Å². The molecule has 0 aliphatic carbocycles. The summed E-state index contributed by atoms with van der Waals surface area (Å²) in [5.74, 6) is 0.158. The number of likely N-dealkylation sites (N-methyl/N-ethyl adjacent to an activating group) is 1. The average Bonchev–Trinajstić information content (AvgIpc) is 2.37. The summed E-state index contributed by atoms with van der Waals surface area (Å²) < 4.78 is 0. The summed E-state index contributed by atoms with van der Waals surface area (Å²) in [6, 6.07) is 6.61. The van der Waals surface area contributed by atoms with Crippen LogP contribution in [-0.4, -0.2) is 49.7 Å². The third-order valence-electron chi connectivity index (χ3n) is 3.63. The normalized spacial score (nSPS) is 20.6. The molecular weight excluding hydrogens is 256 g/mol. The summed E-state index contributed by atoms with van der Waals surface area (Å²) in [6.07, 6.45) is 2.03. The first-order valence-electron chi connectivity index (χ1n) is 6.51. The van der Waals surface area contributed by atoms with Crippen LogP contribution < -0.4 is 10.6 Å². The number of nitrogens with zero attached hydrogens (tertiary/aromatic N) is 2. The van der Waals surface area contributed by atoms with Crippen LogP contribution in [0.15, 0.2) is 23.1 Å². The van der Waals surface area contributed by atoms with Gasteiger partial charge in [0.2, 0.25) is 0 Å². The van der Waals surface area contributed by atoms with Crippen molar-refractivity contribution in [3.05, 3.63) is 23.8 Å². The van der Waals surface area contributed by atoms with Crippen molar-refractivity contribution in [2.45, 2.75) is 17.9 Å². The van der Waals surface area contributed by atoms with Gasteiger partial charge in [0.25, 0.3) is 0 Å². The molecule has 104 valence electrons. The number of piperazine rings is 1. The van der Waals surface area contributed by atoms with Crippen LogP contribution in [0.25, 0.3) is 0 Å². The van der Waals surface area contributed by atoms with E-state index in [1.165, 1.54) is 0 Å². The molecule has 0 aromatic heterocycles. The first-order chi connectivity index (χ1) is 9.04. The van der Waals surface area contributed by atoms with Crippen molar-refractivity contribution in [2.75, 3.05) is 37.8 Å². The number of thioether (sulfide) groups is 1. The third kappa shape index (κ3) is 2.87. The fourth-order valence-electron chi connectivity index (χ4n) is 2.70. The molecule has 0 radical (unpaired) electrons. The Labute approximate surface area is 119 Å². The Morgan fingerprint density at radius 1 is 1.42 bits per heavy atom. The molecule has 0 bridgehead atoms. The topological polar surface area (TPSA) is 56.4 Å². The lowest BCUT2D eigenvalue weighted by atomic mass is 10.1. The van der Waals surface area contributed by atoms with Gasteiger partial charge in [-0.25, -0.2) is 0 Å². The van der Waals surface area contributed by atoms with Crippen LogP contribution in [0.1, 0.15) is 12.5 Å². The highest BCUT2D eigenvalue weighted by Crippen LogP contribution is 2.31. The van der Waals surface area contributed by atoms with Gasteiger partial charge in [-0.3, -0.25) is 5.41 Å². The van der Waals surface area contributed by atoms with Gasteiger partial charge in [0.05, 0.1) is 5.56 Å². The Morgan fingerprint density at radius 2 is 2.16 bits per heavy atom. The zero-order valence-corrected chi connectivity index (χ0v) is 12.6. The van der Waals surface area contributed by atoms with Gasteiger partial charge >= 0.3 is 0 Å². The van der Waals surface area contributed by atoms with Crippen LogP contribution in [-0.2, 0) is 0 Å². The predicted molar refractivity (Wildman–Crippen MR) is 83.5 cm³/mol. The first-order valence-corrected chi connectivity index (χ1v) is 7.73. The molecule has 1 fully saturated rings. The zero-order chi connectivity index (χ0) is 14.0. The van der Waals surface area contributed by atoms with E-state index in [-0.39, 0.29) is 5.84 Å². The second-order valence-corrected chi connectivity index (χ2v) is 5.92. The molecule has 1 saturated heterocycles. The van der Waals surface area contributed by atoms with Crippen LogP contribution in [0.4, 0.5) is 5.69 Å². The van der Waals surface area contributed by atoms with Gasteiger partial charge in [0.15, 0.2) is 0 Å². The van der Waals surface area contributed by atoms with Crippen LogP contribution >= 0.6 is 11.8 Å². The van der Waals surface area contributed by atoms with Crippen LogP contribution in [0.5, 0.6) is 0 Å². The van der Waals surface area contributed by atoms with Crippen molar-refractivity contribution < 1.29 is 0 Å². The molecule has 1 aromatic rings. The van der Waals surface area contributed by atoms with Crippen LogP contribution in [0, 0.1) is 5.41 Å². The molecule has 0 amide bonds. The minimum Gasteiger partial charge on any atom is -0.384 e. The van der Waals surface area contributed by atoms with Crippen molar-refractivity contribution in [3.8, 4) is 0 Å². The van der Waals surface area contributed by atoms with E-state index in [4.69, 9.17) is 11.1 Å². The molecular formula is C14H22N4S. The van der Waals surface area contributed by atoms with Gasteiger partial charge in [-0.05, 0) is 32.4 Å². The lowest BCUT2D eigenvalue weighted by Gasteiger charge is -2.40. The van der Waals surface area contributed by atoms with E-state index in [0.29, 0.717) is 6.04 Å². The number of hydrogen-bond donors (Lipinski definition) is 2. The number of nitrogens with one attached hydrogen (secondary N) is 1. The molecule has 1 aromatic carbocycles. The molecule has 1 heterocycles. The third-order valence-corrected chi connectivity index (χ3v) is 4.41. The number of rotatable bonds is 3. The minimum atomic E-state index is 0.158. The Hall–Kier alpha value is -1.20. The van der Waals surface area contributed by atoms with Gasteiger partial charge in [-0.2, -0.15) is 0 Å². The summed E-state index contributed by atoms with van der Waals surface area (Å²) in [5, 5.41) is 7.87. The number of amidine groups is 1. The molecule has 0 saturated carbocycles. The van der Waals surface area contributed by atoms with E-state index in [2.05, 4.69) is 35.9 Å². The Balaban J connectivity index is 2.41. The molecule has 19 heavy (non-hydrogen) atoms. The molecule has 4 nitrogen and oxygen atoms in total. The van der Waals surface area contributed by atoms with Crippen molar-refractivity contribution in [2.24, 2.45) is 5.73 Å². The fraction of sp³-hybridized carbons (Fsp3) is 0.500. The summed E-state index contributed by atoms with van der Waals surface area (Å²) in [6.45, 7) is 5.30. The number of nitrogens with two attached hydrogens (primary N) is 1. The van der Waals surface area contributed by atoms with E-state index in [9.17, 15) is 0 Å². The first kappa shape index (κ1) is 14.2. The molecule has 5 heteroatoms. The highest BCUT2D eigenvalue weighted by molar-refractivity contribution is 7.98. The molecule has 1 aliphatic heterocycles. The monoisotopic (exact) mass is 278 g/mol. The molecule has 1 atom stereocenters. The highest BCUT2D eigenvalue weighted by atomic mass is 32.2. The second-order valence-electron chi connectivity index (χ2n) is 5.07. The summed E-state index contributed by atoms with van der Waals surface area (Å²) >= 11 is 1.65. The summed E-state index contributed by atoms with van der Waals surface area (Å²) in [4.78, 5) is 5.79. The van der Waals surface area contributed by atoms with E-state index in [0.717, 1.165) is 35.8 Å². The second kappa shape index (κ2) is 5.84. The molecule has 0 spiro atoms. The van der Waals surface area contributed by atoms with Crippen LogP contribution in [0.3, 0.4) is 0 Å². The highest BCUT2D eigenvalue weighted by Gasteiger charge is 2.25. The van der Waals surface area contributed by atoms with Gasteiger partial charge in [0, 0.05) is 36.3 Å². The fourth-order valence-corrected chi connectivity index (χ4v) is 3.33. The predicted octanol–water partition coefficient (Wildman–Crippen LogP) is 1.83. The zero-order valence-electron chi connectivity index (χ0n) is 11.8. The van der Waals surface area contributed by atoms with Crippen molar-refractivity contribution in [1.29, 1.82) is 5.41 Å². The average molecular weight is 278 g/mol. The smallest absolute Gasteiger partial charge is 0.126 e. The maximum Gasteiger partial charge on any atom is 0.126 e. The maximum absolute atomic E-state index is 7.87. The SMILES string of the molecule is CSc1cccc(N2CCN(C)CC2C)c1C(=N)N. The Morgan fingerprint density at radius 3 is 2.74 bits per heavy atom. The Bertz CT molecular complexity index is 475. The van der Waals surface area contributed by atoms with Gasteiger partial charge in [-0.1, -0.05) is 6.07 Å². The number of benzene rings is 1. The molecule has 2 rings (SSSR count). The van der Waals surface area contributed by atoms with E-state index in [1.54, 1.807) is 11.8 Å². The van der Waals surface area contributed by atoms with Crippen molar-refractivity contribution >= 4 is 23.3 Å². The van der Waals surface area contributed by atoms with Gasteiger partial charge < -0.3 is 15.5 Å². The lowest BCUT2D eigenvalue weighted by Crippen LogP contribution is -2.51. The quantitative estimate of drug-likeness (QED) is 0.503. The van der Waals surface area contributed by atoms with Crippen molar-refractivity contribution in [3.63, 3.8) is 0 Å². The maximum atomic E-state index is 7.87. The Kier molecular flexibility index (Phi) is 4.37. The molecule has 1 aliphatic rings. The summed E-state index contributed by atoms with van der Waals surface area (Å²) in [7, 11) is 2.15.